The van der Waals surface area contributed by atoms with Gasteiger partial charge in [0.2, 0.25) is 5.91 Å². The van der Waals surface area contributed by atoms with Crippen molar-refractivity contribution >= 4 is 36.4 Å². The lowest BCUT2D eigenvalue weighted by atomic mass is 9.88. The third kappa shape index (κ3) is 5.43. The van der Waals surface area contributed by atoms with E-state index in [-0.39, 0.29) is 36.6 Å². The zero-order valence-electron chi connectivity index (χ0n) is 13.5. The monoisotopic (exact) mass is 347 g/mol. The number of anilines is 1. The first-order chi connectivity index (χ1) is 9.59. The fourth-order valence-electron chi connectivity index (χ4n) is 2.39. The van der Waals surface area contributed by atoms with E-state index in [0.717, 1.165) is 31.9 Å². The number of hydrogen-bond donors (Lipinski definition) is 1. The fourth-order valence-corrected chi connectivity index (χ4v) is 2.39. The molecule has 1 amide bonds. The van der Waals surface area contributed by atoms with Gasteiger partial charge in [0.1, 0.15) is 0 Å². The molecule has 1 N–H and O–H groups in total. The SMILES string of the molecule is CC(C(=O)N(CCN(C)C)c1ccccc1)C1CNC1.Cl.Cl. The van der Waals surface area contributed by atoms with Gasteiger partial charge in [0, 0.05) is 24.7 Å². The molecule has 0 saturated carbocycles. The lowest BCUT2D eigenvalue weighted by Crippen LogP contribution is -2.51. The lowest BCUT2D eigenvalue weighted by Gasteiger charge is -2.35. The molecule has 1 fully saturated rings. The maximum atomic E-state index is 12.8. The van der Waals surface area contributed by atoms with Gasteiger partial charge in [0.25, 0.3) is 0 Å². The summed E-state index contributed by atoms with van der Waals surface area (Å²) in [7, 11) is 4.07. The summed E-state index contributed by atoms with van der Waals surface area (Å²) in [5.41, 5.74) is 0.999. The number of rotatable bonds is 6. The molecule has 0 bridgehead atoms. The maximum Gasteiger partial charge on any atom is 0.230 e. The smallest absolute Gasteiger partial charge is 0.230 e. The Balaban J connectivity index is 0.00000220. The highest BCUT2D eigenvalue weighted by Crippen LogP contribution is 2.22. The Morgan fingerprint density at radius 3 is 2.23 bits per heavy atom. The molecule has 0 spiro atoms. The third-order valence-electron chi connectivity index (χ3n) is 4.01. The van der Waals surface area contributed by atoms with Crippen LogP contribution in [0.1, 0.15) is 6.92 Å². The van der Waals surface area contributed by atoms with Crippen LogP contribution in [0.5, 0.6) is 0 Å². The van der Waals surface area contributed by atoms with Crippen molar-refractivity contribution in [3.63, 3.8) is 0 Å². The van der Waals surface area contributed by atoms with Gasteiger partial charge in [0.15, 0.2) is 0 Å². The summed E-state index contributed by atoms with van der Waals surface area (Å²) in [6, 6.07) is 9.98. The zero-order valence-corrected chi connectivity index (χ0v) is 15.1. The van der Waals surface area contributed by atoms with Crippen LogP contribution in [0.4, 0.5) is 5.69 Å². The maximum absolute atomic E-state index is 12.8. The van der Waals surface area contributed by atoms with Gasteiger partial charge in [0.05, 0.1) is 0 Å². The molecule has 4 nitrogen and oxygen atoms in total. The minimum atomic E-state index is 0. The second kappa shape index (κ2) is 10.1. The van der Waals surface area contributed by atoms with E-state index in [1.165, 1.54) is 0 Å². The molecule has 1 aliphatic rings. The minimum Gasteiger partial charge on any atom is -0.316 e. The number of para-hydroxylation sites is 1. The molecule has 126 valence electrons. The van der Waals surface area contributed by atoms with Crippen LogP contribution in [0.25, 0.3) is 0 Å². The van der Waals surface area contributed by atoms with Crippen LogP contribution in [-0.4, -0.2) is 51.1 Å². The average Bonchev–Trinajstić information content (AvgIpc) is 2.37. The summed E-state index contributed by atoms with van der Waals surface area (Å²) in [6.07, 6.45) is 0. The fraction of sp³-hybridized carbons (Fsp3) is 0.562. The predicted octanol–water partition coefficient (Wildman–Crippen LogP) is 2.28. The van der Waals surface area contributed by atoms with E-state index < -0.39 is 0 Å². The number of nitrogens with one attached hydrogen (secondary N) is 1. The van der Waals surface area contributed by atoms with Crippen molar-refractivity contribution in [1.82, 2.24) is 10.2 Å². The van der Waals surface area contributed by atoms with Crippen LogP contribution >= 0.6 is 24.8 Å². The molecule has 6 heteroatoms. The molecule has 1 heterocycles. The molecule has 1 aliphatic heterocycles. The number of hydrogen-bond acceptors (Lipinski definition) is 3. The molecule has 0 aromatic heterocycles. The normalized spacial score (nSPS) is 15.3. The van der Waals surface area contributed by atoms with E-state index >= 15 is 0 Å². The van der Waals surface area contributed by atoms with Crippen LogP contribution < -0.4 is 10.2 Å². The van der Waals surface area contributed by atoms with Crippen molar-refractivity contribution in [1.29, 1.82) is 0 Å². The third-order valence-corrected chi connectivity index (χ3v) is 4.01. The summed E-state index contributed by atoms with van der Waals surface area (Å²) < 4.78 is 0. The van der Waals surface area contributed by atoms with Crippen LogP contribution in [0, 0.1) is 11.8 Å². The second-order valence-electron chi connectivity index (χ2n) is 5.84. The largest absolute Gasteiger partial charge is 0.316 e. The van der Waals surface area contributed by atoms with E-state index in [9.17, 15) is 4.79 Å². The number of carbonyl (C=O) groups excluding carboxylic acids is 1. The quantitative estimate of drug-likeness (QED) is 0.857. The second-order valence-corrected chi connectivity index (χ2v) is 5.84. The molecule has 2 rings (SSSR count). The summed E-state index contributed by atoms with van der Waals surface area (Å²) in [4.78, 5) is 16.8. The van der Waals surface area contributed by atoms with Gasteiger partial charge in [-0.05, 0) is 45.2 Å². The summed E-state index contributed by atoms with van der Waals surface area (Å²) in [6.45, 7) is 5.59. The Kier molecular flexibility index (Phi) is 9.69. The number of benzene rings is 1. The molecule has 0 radical (unpaired) electrons. The van der Waals surface area contributed by atoms with E-state index in [1.54, 1.807) is 0 Å². The van der Waals surface area contributed by atoms with Crippen molar-refractivity contribution in [2.45, 2.75) is 6.92 Å². The Hall–Kier alpha value is -0.810. The van der Waals surface area contributed by atoms with Gasteiger partial charge < -0.3 is 15.1 Å². The molecular formula is C16H27Cl2N3O. The molecule has 1 aromatic rings. The number of halogens is 2. The Labute approximate surface area is 146 Å². The van der Waals surface area contributed by atoms with Gasteiger partial charge in [-0.3, -0.25) is 4.79 Å². The first kappa shape index (κ1) is 21.2. The van der Waals surface area contributed by atoms with Gasteiger partial charge in [-0.25, -0.2) is 0 Å². The van der Waals surface area contributed by atoms with Gasteiger partial charge in [-0.2, -0.15) is 0 Å². The first-order valence-electron chi connectivity index (χ1n) is 7.31. The van der Waals surface area contributed by atoms with Crippen LogP contribution in [-0.2, 0) is 4.79 Å². The van der Waals surface area contributed by atoms with E-state index in [1.807, 2.05) is 49.3 Å². The van der Waals surface area contributed by atoms with Crippen LogP contribution in [0.2, 0.25) is 0 Å². The number of nitrogens with zero attached hydrogens (tertiary/aromatic N) is 2. The highest BCUT2D eigenvalue weighted by Gasteiger charge is 2.32. The van der Waals surface area contributed by atoms with E-state index in [4.69, 9.17) is 0 Å². The molecule has 1 aromatic carbocycles. The highest BCUT2D eigenvalue weighted by atomic mass is 35.5. The lowest BCUT2D eigenvalue weighted by molar-refractivity contribution is -0.124. The molecule has 22 heavy (non-hydrogen) atoms. The molecule has 1 unspecified atom stereocenters. The van der Waals surface area contributed by atoms with E-state index in [0.29, 0.717) is 5.92 Å². The standard InChI is InChI=1S/C16H25N3O.2ClH/c1-13(14-11-17-12-14)16(20)19(10-9-18(2)3)15-7-5-4-6-8-15;;/h4-8,13-14,17H,9-12H2,1-3H3;2*1H. The van der Waals surface area contributed by atoms with Crippen molar-refractivity contribution in [2.75, 3.05) is 45.2 Å². The summed E-state index contributed by atoms with van der Waals surface area (Å²) >= 11 is 0. The minimum absolute atomic E-state index is 0. The number of carbonyl (C=O) groups is 1. The Bertz CT molecular complexity index is 438. The average molecular weight is 348 g/mol. The topological polar surface area (TPSA) is 35.6 Å². The Morgan fingerprint density at radius 2 is 1.77 bits per heavy atom. The highest BCUT2D eigenvalue weighted by molar-refractivity contribution is 5.95. The van der Waals surface area contributed by atoms with Crippen molar-refractivity contribution < 1.29 is 4.79 Å². The molecule has 0 aliphatic carbocycles. The number of likely N-dealkylation sites (N-methyl/N-ethyl adjacent to an activating group) is 1. The van der Waals surface area contributed by atoms with Gasteiger partial charge in [-0.15, -0.1) is 24.8 Å². The molecular weight excluding hydrogens is 321 g/mol. The van der Waals surface area contributed by atoms with Crippen molar-refractivity contribution in [3.05, 3.63) is 30.3 Å². The Morgan fingerprint density at radius 1 is 1.18 bits per heavy atom. The number of amides is 1. The zero-order chi connectivity index (χ0) is 14.5. The predicted molar refractivity (Wildman–Crippen MR) is 97.4 cm³/mol. The molecule has 1 atom stereocenters. The summed E-state index contributed by atoms with van der Waals surface area (Å²) in [5, 5.41) is 3.25. The van der Waals surface area contributed by atoms with Crippen molar-refractivity contribution in [2.24, 2.45) is 11.8 Å². The van der Waals surface area contributed by atoms with Crippen LogP contribution in [0.15, 0.2) is 30.3 Å². The summed E-state index contributed by atoms with van der Waals surface area (Å²) in [5.74, 6) is 0.802. The first-order valence-corrected chi connectivity index (χ1v) is 7.31. The van der Waals surface area contributed by atoms with Crippen molar-refractivity contribution in [3.8, 4) is 0 Å². The van der Waals surface area contributed by atoms with Crippen LogP contribution in [0.3, 0.4) is 0 Å². The van der Waals surface area contributed by atoms with Gasteiger partial charge in [-0.1, -0.05) is 25.1 Å². The van der Waals surface area contributed by atoms with E-state index in [2.05, 4.69) is 17.1 Å². The molecule has 1 saturated heterocycles. The van der Waals surface area contributed by atoms with Gasteiger partial charge >= 0.3 is 0 Å².